The predicted octanol–water partition coefficient (Wildman–Crippen LogP) is 2.97. The third kappa shape index (κ3) is 2.89. The largest absolute Gasteiger partial charge is 0.496 e. The maximum atomic E-state index is 12.2. The number of carbonyl (C=O) groups is 2. The fourth-order valence-corrected chi connectivity index (χ4v) is 3.23. The van der Waals surface area contributed by atoms with E-state index in [9.17, 15) is 29.4 Å². The molecule has 0 amide bonds. The Morgan fingerprint density at radius 2 is 1.43 bits per heavy atom. The molecule has 4 rings (SSSR count). The smallest absolute Gasteiger partial charge is 0.351 e. The molecule has 4 aromatic rings. The normalized spacial score (nSPS) is 11.0. The summed E-state index contributed by atoms with van der Waals surface area (Å²) in [6, 6.07) is 10.4. The third-order valence-corrected chi connectivity index (χ3v) is 4.57. The minimum Gasteiger partial charge on any atom is -0.496 e. The van der Waals surface area contributed by atoms with Crippen molar-refractivity contribution in [2.24, 2.45) is 0 Å². The van der Waals surface area contributed by atoms with Crippen molar-refractivity contribution >= 4 is 33.9 Å². The molecular weight excluding hydrogens is 396 g/mol. The van der Waals surface area contributed by atoms with Crippen LogP contribution < -0.4 is 16.0 Å². The Kier molecular flexibility index (Phi) is 4.35. The highest BCUT2D eigenvalue weighted by Crippen LogP contribution is 2.38. The Morgan fingerprint density at radius 1 is 0.833 bits per heavy atom. The molecule has 0 aliphatic carbocycles. The number of rotatable bonds is 4. The fraction of sp³-hybridized carbons (Fsp3) is 0.0476. The van der Waals surface area contributed by atoms with Crippen LogP contribution in [0.5, 0.6) is 5.75 Å². The summed E-state index contributed by atoms with van der Waals surface area (Å²) in [5.41, 5.74) is -2.78. The van der Waals surface area contributed by atoms with E-state index < -0.39 is 34.3 Å². The number of carboxylic acids is 2. The van der Waals surface area contributed by atoms with E-state index in [1.165, 1.54) is 13.2 Å². The summed E-state index contributed by atoms with van der Waals surface area (Å²) >= 11 is 0. The highest BCUT2D eigenvalue weighted by atomic mass is 16.5. The van der Waals surface area contributed by atoms with Gasteiger partial charge in [0.05, 0.1) is 12.5 Å². The van der Waals surface area contributed by atoms with E-state index in [4.69, 9.17) is 13.6 Å². The molecule has 2 aromatic carbocycles. The molecule has 0 aliphatic rings. The number of hydrogen-bond acceptors (Lipinski definition) is 7. The zero-order chi connectivity index (χ0) is 21.6. The minimum absolute atomic E-state index is 0.0273. The molecule has 150 valence electrons. The first-order valence-electron chi connectivity index (χ1n) is 8.50. The van der Waals surface area contributed by atoms with E-state index in [1.54, 1.807) is 24.3 Å². The lowest BCUT2D eigenvalue weighted by atomic mass is 9.98. The van der Waals surface area contributed by atoms with Gasteiger partial charge in [0.2, 0.25) is 0 Å². The summed E-state index contributed by atoms with van der Waals surface area (Å²) in [5, 5.41) is 18.8. The predicted molar refractivity (Wildman–Crippen MR) is 104 cm³/mol. The number of para-hydroxylation sites is 1. The Bertz CT molecular complexity index is 1470. The molecule has 0 unspecified atom stereocenters. The molecule has 0 fully saturated rings. The number of fused-ring (bicyclic) bond motifs is 3. The Morgan fingerprint density at radius 3 is 2.07 bits per heavy atom. The molecule has 0 aliphatic heterocycles. The summed E-state index contributed by atoms with van der Waals surface area (Å²) in [5.74, 6) is -2.57. The van der Waals surface area contributed by atoms with Crippen LogP contribution in [0.4, 0.5) is 0 Å². The van der Waals surface area contributed by atoms with E-state index in [0.29, 0.717) is 16.9 Å². The first-order valence-corrected chi connectivity index (χ1v) is 8.50. The molecule has 0 radical (unpaired) electrons. The highest BCUT2D eigenvalue weighted by molar-refractivity contribution is 6.11. The van der Waals surface area contributed by atoms with Gasteiger partial charge in [-0.15, -0.1) is 0 Å². The SMILES string of the molecule is COc1ccccc1-c1cc2cc(C(=O)O)c(=O)oc2c2cc(C(=O)O)c(=O)oc12. The van der Waals surface area contributed by atoms with Crippen molar-refractivity contribution in [3.8, 4) is 16.9 Å². The third-order valence-electron chi connectivity index (χ3n) is 4.57. The van der Waals surface area contributed by atoms with Gasteiger partial charge >= 0.3 is 23.2 Å². The number of methoxy groups -OCH3 is 1. The first kappa shape index (κ1) is 18.9. The second kappa shape index (κ2) is 6.89. The number of ether oxygens (including phenoxy) is 1. The molecule has 0 saturated carbocycles. The molecule has 30 heavy (non-hydrogen) atoms. The quantitative estimate of drug-likeness (QED) is 0.384. The Hall–Kier alpha value is -4.40. The summed E-state index contributed by atoms with van der Waals surface area (Å²) in [6.07, 6.45) is 0. The summed E-state index contributed by atoms with van der Waals surface area (Å²) in [6.45, 7) is 0. The van der Waals surface area contributed by atoms with Gasteiger partial charge in [0.15, 0.2) is 0 Å². The zero-order valence-electron chi connectivity index (χ0n) is 15.3. The van der Waals surface area contributed by atoms with Crippen LogP contribution >= 0.6 is 0 Å². The van der Waals surface area contributed by atoms with Gasteiger partial charge < -0.3 is 23.8 Å². The van der Waals surface area contributed by atoms with Gasteiger partial charge in [-0.05, 0) is 24.3 Å². The van der Waals surface area contributed by atoms with E-state index >= 15 is 0 Å². The lowest BCUT2D eigenvalue weighted by Crippen LogP contribution is -2.15. The van der Waals surface area contributed by atoms with Crippen molar-refractivity contribution in [1.29, 1.82) is 0 Å². The van der Waals surface area contributed by atoms with Gasteiger partial charge in [0.25, 0.3) is 0 Å². The molecule has 2 heterocycles. The van der Waals surface area contributed by atoms with Gasteiger partial charge in [0.1, 0.15) is 28.0 Å². The zero-order valence-corrected chi connectivity index (χ0v) is 15.3. The second-order valence-electron chi connectivity index (χ2n) is 6.29. The van der Waals surface area contributed by atoms with E-state index in [0.717, 1.165) is 12.1 Å². The lowest BCUT2D eigenvalue weighted by molar-refractivity contribution is 0.0681. The highest BCUT2D eigenvalue weighted by Gasteiger charge is 2.22. The van der Waals surface area contributed by atoms with Crippen molar-refractivity contribution in [1.82, 2.24) is 0 Å². The molecule has 0 bridgehead atoms. The van der Waals surface area contributed by atoms with Crippen molar-refractivity contribution in [2.75, 3.05) is 7.11 Å². The summed E-state index contributed by atoms with van der Waals surface area (Å²) in [4.78, 5) is 47.1. The van der Waals surface area contributed by atoms with Crippen LogP contribution in [0.25, 0.3) is 33.1 Å². The van der Waals surface area contributed by atoms with Gasteiger partial charge in [-0.2, -0.15) is 0 Å². The van der Waals surface area contributed by atoms with Crippen molar-refractivity contribution in [3.63, 3.8) is 0 Å². The first-order chi connectivity index (χ1) is 14.3. The lowest BCUT2D eigenvalue weighted by Gasteiger charge is -2.12. The standard InChI is InChI=1S/C21H12O9/c1-28-15-5-3-2-4-10(15)11-6-9-7-13(18(22)23)20(26)29-16(9)12-8-14(19(24)25)21(27)30-17(11)12/h2-8H,1H3,(H,22,23)(H,24,25). The minimum atomic E-state index is -1.52. The topological polar surface area (TPSA) is 144 Å². The molecule has 0 saturated heterocycles. The molecule has 2 N–H and O–H groups in total. The molecule has 9 nitrogen and oxygen atoms in total. The van der Waals surface area contributed by atoms with Crippen LogP contribution in [0.15, 0.2) is 60.9 Å². The second-order valence-corrected chi connectivity index (χ2v) is 6.29. The van der Waals surface area contributed by atoms with Crippen LogP contribution in [-0.4, -0.2) is 29.3 Å². The van der Waals surface area contributed by atoms with Crippen LogP contribution in [-0.2, 0) is 0 Å². The van der Waals surface area contributed by atoms with Gasteiger partial charge in [-0.25, -0.2) is 19.2 Å². The van der Waals surface area contributed by atoms with E-state index in [-0.39, 0.29) is 21.9 Å². The maximum Gasteiger partial charge on any atom is 0.351 e. The van der Waals surface area contributed by atoms with Gasteiger partial charge in [-0.1, -0.05) is 18.2 Å². The molecule has 9 heteroatoms. The molecular formula is C21H12O9. The fourth-order valence-electron chi connectivity index (χ4n) is 3.23. The average Bonchev–Trinajstić information content (AvgIpc) is 2.72. The van der Waals surface area contributed by atoms with Gasteiger partial charge in [-0.3, -0.25) is 0 Å². The van der Waals surface area contributed by atoms with Crippen molar-refractivity contribution in [2.45, 2.75) is 0 Å². The van der Waals surface area contributed by atoms with Crippen LogP contribution in [0.2, 0.25) is 0 Å². The monoisotopic (exact) mass is 408 g/mol. The molecule has 0 atom stereocenters. The van der Waals surface area contributed by atoms with Crippen molar-refractivity contribution < 1.29 is 33.4 Å². The van der Waals surface area contributed by atoms with Crippen LogP contribution in [0, 0.1) is 0 Å². The Balaban J connectivity index is 2.25. The number of hydrogen-bond donors (Lipinski definition) is 2. The van der Waals surface area contributed by atoms with Crippen molar-refractivity contribution in [3.05, 3.63) is 74.4 Å². The van der Waals surface area contributed by atoms with Gasteiger partial charge in [0, 0.05) is 16.5 Å². The van der Waals surface area contributed by atoms with E-state index in [2.05, 4.69) is 0 Å². The molecule has 2 aromatic heterocycles. The Labute approximate surface area is 166 Å². The summed E-state index contributed by atoms with van der Waals surface area (Å²) < 4.78 is 15.8. The summed E-state index contributed by atoms with van der Waals surface area (Å²) in [7, 11) is 1.45. The number of aromatic carboxylic acids is 2. The maximum absolute atomic E-state index is 12.2. The number of benzene rings is 2. The van der Waals surface area contributed by atoms with Crippen LogP contribution in [0.3, 0.4) is 0 Å². The number of carboxylic acid groups (broad SMARTS) is 2. The van der Waals surface area contributed by atoms with E-state index in [1.807, 2.05) is 0 Å². The molecule has 0 spiro atoms. The average molecular weight is 408 g/mol. The van der Waals surface area contributed by atoms with Crippen LogP contribution in [0.1, 0.15) is 20.7 Å².